The molecule has 2 heterocycles. The molecule has 1 N–H and O–H groups in total. The molecule has 1 fully saturated rings. The Morgan fingerprint density at radius 1 is 1.33 bits per heavy atom. The van der Waals surface area contributed by atoms with Crippen LogP contribution in [-0.2, 0) is 15.7 Å². The molecule has 1 saturated heterocycles. The van der Waals surface area contributed by atoms with Crippen LogP contribution < -0.4 is 4.90 Å². The van der Waals surface area contributed by atoms with Gasteiger partial charge in [0.15, 0.2) is 11.7 Å². The second kappa shape index (κ2) is 9.61. The van der Waals surface area contributed by atoms with Crippen molar-refractivity contribution < 1.29 is 37.1 Å². The second-order valence-corrected chi connectivity index (χ2v) is 7.21. The van der Waals surface area contributed by atoms with E-state index < -0.39 is 47.4 Å². The van der Waals surface area contributed by atoms with Gasteiger partial charge in [0.1, 0.15) is 5.82 Å². The molecule has 1 aliphatic heterocycles. The van der Waals surface area contributed by atoms with Crippen LogP contribution in [-0.4, -0.2) is 59.0 Å². The standard InChI is InChI=1S/C20H17ClF4N4O4/c1-2-33-19(31)11-8-13(21)17(26-9-11)29-7-6-28(10-15(29)30)18(27-32)16-12(20(23,24)25)4-3-5-14(16)22/h3-5,8-9,32H,2,6-7,10H2,1H3. The minimum Gasteiger partial charge on any atom is -0.462 e. The summed E-state index contributed by atoms with van der Waals surface area (Å²) in [5.41, 5.74) is -2.24. The van der Waals surface area contributed by atoms with E-state index in [0.29, 0.717) is 6.07 Å². The van der Waals surface area contributed by atoms with Crippen molar-refractivity contribution in [3.63, 3.8) is 0 Å². The Morgan fingerprint density at radius 2 is 2.06 bits per heavy atom. The summed E-state index contributed by atoms with van der Waals surface area (Å²) in [6.07, 6.45) is -3.74. The van der Waals surface area contributed by atoms with Gasteiger partial charge in [0.2, 0.25) is 5.91 Å². The van der Waals surface area contributed by atoms with Crippen LogP contribution in [0.25, 0.3) is 0 Å². The molecule has 0 radical (unpaired) electrons. The number of hydrogen-bond donors (Lipinski definition) is 1. The molecule has 0 spiro atoms. The van der Waals surface area contributed by atoms with Gasteiger partial charge in [-0.05, 0) is 25.1 Å². The van der Waals surface area contributed by atoms with Crippen LogP contribution in [0.15, 0.2) is 35.6 Å². The van der Waals surface area contributed by atoms with Gasteiger partial charge < -0.3 is 14.8 Å². The van der Waals surface area contributed by atoms with Crippen molar-refractivity contribution in [2.45, 2.75) is 13.1 Å². The van der Waals surface area contributed by atoms with E-state index in [0.717, 1.165) is 21.9 Å². The van der Waals surface area contributed by atoms with E-state index in [-0.39, 0.29) is 36.1 Å². The van der Waals surface area contributed by atoms with Gasteiger partial charge in [-0.25, -0.2) is 14.2 Å². The van der Waals surface area contributed by atoms with Crippen LogP contribution in [0.3, 0.4) is 0 Å². The first-order chi connectivity index (χ1) is 15.6. The summed E-state index contributed by atoms with van der Waals surface area (Å²) in [4.78, 5) is 30.8. The van der Waals surface area contributed by atoms with Crippen molar-refractivity contribution in [3.05, 3.63) is 58.0 Å². The van der Waals surface area contributed by atoms with E-state index in [4.69, 9.17) is 16.3 Å². The molecule has 13 heteroatoms. The molecule has 0 bridgehead atoms. The monoisotopic (exact) mass is 488 g/mol. The normalized spacial score (nSPS) is 15.1. The van der Waals surface area contributed by atoms with Gasteiger partial charge in [-0.2, -0.15) is 13.2 Å². The molecule has 1 amide bonds. The number of anilines is 1. The first-order valence-corrected chi connectivity index (χ1v) is 9.92. The Morgan fingerprint density at radius 3 is 2.64 bits per heavy atom. The second-order valence-electron chi connectivity index (χ2n) is 6.80. The number of piperazine rings is 1. The lowest BCUT2D eigenvalue weighted by molar-refractivity contribution is -0.138. The number of carbonyl (C=O) groups excluding carboxylic acids is 2. The fourth-order valence-electron chi connectivity index (χ4n) is 3.29. The maximum Gasteiger partial charge on any atom is 0.417 e. The third kappa shape index (κ3) is 5.00. The molecule has 33 heavy (non-hydrogen) atoms. The highest BCUT2D eigenvalue weighted by Gasteiger charge is 2.39. The summed E-state index contributed by atoms with van der Waals surface area (Å²) in [5.74, 6) is -3.26. The molecular weight excluding hydrogens is 472 g/mol. The van der Waals surface area contributed by atoms with Gasteiger partial charge in [0, 0.05) is 19.3 Å². The highest BCUT2D eigenvalue weighted by atomic mass is 35.5. The molecule has 0 saturated carbocycles. The first kappa shape index (κ1) is 24.2. The minimum absolute atomic E-state index is 0.0214. The number of rotatable bonds is 4. The Balaban J connectivity index is 1.85. The average Bonchev–Trinajstić information content (AvgIpc) is 2.75. The van der Waals surface area contributed by atoms with E-state index in [9.17, 15) is 32.4 Å². The predicted molar refractivity (Wildman–Crippen MR) is 109 cm³/mol. The van der Waals surface area contributed by atoms with Crippen LogP contribution >= 0.6 is 11.6 Å². The number of amidine groups is 1. The smallest absolute Gasteiger partial charge is 0.417 e. The zero-order valence-electron chi connectivity index (χ0n) is 17.1. The number of alkyl halides is 3. The quantitative estimate of drug-likeness (QED) is 0.177. The van der Waals surface area contributed by atoms with Gasteiger partial charge in [-0.15, -0.1) is 0 Å². The third-order valence-electron chi connectivity index (χ3n) is 4.75. The number of aromatic nitrogens is 1. The molecule has 1 aromatic carbocycles. The van der Waals surface area contributed by atoms with Gasteiger partial charge in [-0.1, -0.05) is 22.8 Å². The molecule has 1 aliphatic rings. The summed E-state index contributed by atoms with van der Waals surface area (Å²) in [7, 11) is 0. The summed E-state index contributed by atoms with van der Waals surface area (Å²) >= 11 is 6.17. The summed E-state index contributed by atoms with van der Waals surface area (Å²) < 4.78 is 59.3. The summed E-state index contributed by atoms with van der Waals surface area (Å²) in [5, 5.41) is 12.2. The topological polar surface area (TPSA) is 95.3 Å². The molecule has 3 rings (SSSR count). The first-order valence-electron chi connectivity index (χ1n) is 9.54. The van der Waals surface area contributed by atoms with Gasteiger partial charge in [0.25, 0.3) is 0 Å². The number of hydrogen-bond acceptors (Lipinski definition) is 6. The zero-order valence-corrected chi connectivity index (χ0v) is 17.8. The number of halogens is 5. The highest BCUT2D eigenvalue weighted by Crippen LogP contribution is 2.34. The lowest BCUT2D eigenvalue weighted by Crippen LogP contribution is -2.53. The lowest BCUT2D eigenvalue weighted by Gasteiger charge is -2.35. The van der Waals surface area contributed by atoms with Crippen molar-refractivity contribution in [1.82, 2.24) is 9.88 Å². The largest absolute Gasteiger partial charge is 0.462 e. The van der Waals surface area contributed by atoms with Gasteiger partial charge in [-0.3, -0.25) is 9.69 Å². The van der Waals surface area contributed by atoms with Crippen LogP contribution in [0.1, 0.15) is 28.4 Å². The van der Waals surface area contributed by atoms with Crippen LogP contribution in [0.4, 0.5) is 23.4 Å². The maximum atomic E-state index is 14.3. The number of pyridine rings is 1. The van der Waals surface area contributed by atoms with E-state index in [1.165, 1.54) is 12.3 Å². The van der Waals surface area contributed by atoms with E-state index in [1.807, 2.05) is 0 Å². The van der Waals surface area contributed by atoms with Gasteiger partial charge >= 0.3 is 12.1 Å². The maximum absolute atomic E-state index is 14.3. The van der Waals surface area contributed by atoms with Crippen molar-refractivity contribution >= 4 is 35.1 Å². The van der Waals surface area contributed by atoms with Crippen molar-refractivity contribution in [1.29, 1.82) is 0 Å². The van der Waals surface area contributed by atoms with E-state index in [2.05, 4.69) is 10.1 Å². The van der Waals surface area contributed by atoms with Crippen molar-refractivity contribution in [3.8, 4) is 0 Å². The lowest BCUT2D eigenvalue weighted by atomic mass is 10.0. The number of amides is 1. The molecule has 1 aromatic heterocycles. The van der Waals surface area contributed by atoms with Crippen molar-refractivity contribution in [2.75, 3.05) is 31.1 Å². The zero-order chi connectivity index (χ0) is 24.3. The molecular formula is C20H17ClF4N4O4. The highest BCUT2D eigenvalue weighted by molar-refractivity contribution is 6.33. The Hall–Kier alpha value is -3.41. The number of nitrogens with zero attached hydrogens (tertiary/aromatic N) is 4. The third-order valence-corrected chi connectivity index (χ3v) is 5.02. The van der Waals surface area contributed by atoms with Crippen LogP contribution in [0, 0.1) is 5.82 Å². The van der Waals surface area contributed by atoms with E-state index in [1.54, 1.807) is 6.92 Å². The Kier molecular flexibility index (Phi) is 7.06. The Labute approximate surface area is 190 Å². The molecule has 0 atom stereocenters. The molecule has 0 unspecified atom stereocenters. The van der Waals surface area contributed by atoms with Gasteiger partial charge in [0.05, 0.1) is 34.9 Å². The molecule has 2 aromatic rings. The number of carbonyl (C=O) groups is 2. The molecule has 176 valence electrons. The fraction of sp³-hybridized carbons (Fsp3) is 0.300. The SMILES string of the molecule is CCOC(=O)c1cnc(N2CCN(C(=NO)c3c(F)cccc3C(F)(F)F)CC2=O)c(Cl)c1. The fourth-order valence-corrected chi connectivity index (χ4v) is 3.56. The molecule has 0 aliphatic carbocycles. The van der Waals surface area contributed by atoms with Crippen LogP contribution in [0.5, 0.6) is 0 Å². The number of ether oxygens (including phenoxy) is 1. The Bertz CT molecular complexity index is 1110. The minimum atomic E-state index is -4.92. The van der Waals surface area contributed by atoms with Crippen molar-refractivity contribution in [2.24, 2.45) is 5.16 Å². The molecule has 8 nitrogen and oxygen atoms in total. The summed E-state index contributed by atoms with van der Waals surface area (Å²) in [6.45, 7) is 1.00. The van der Waals surface area contributed by atoms with E-state index >= 15 is 0 Å². The number of oxime groups is 1. The summed E-state index contributed by atoms with van der Waals surface area (Å²) in [6, 6.07) is 3.60. The predicted octanol–water partition coefficient (Wildman–Crippen LogP) is 3.55. The van der Waals surface area contributed by atoms with Crippen LogP contribution in [0.2, 0.25) is 5.02 Å². The number of esters is 1. The average molecular weight is 489 g/mol. The number of benzene rings is 1.